The zero-order valence-corrected chi connectivity index (χ0v) is 13.0. The van der Waals surface area contributed by atoms with E-state index in [1.54, 1.807) is 30.0 Å². The Morgan fingerprint density at radius 1 is 1.20 bits per heavy atom. The lowest BCUT2D eigenvalue weighted by molar-refractivity contribution is -0.129. The van der Waals surface area contributed by atoms with Gasteiger partial charge in [-0.3, -0.25) is 4.79 Å². The fraction of sp³-hybridized carbons (Fsp3) is 0.462. The predicted octanol–water partition coefficient (Wildman–Crippen LogP) is 1.50. The second-order valence-corrected chi connectivity index (χ2v) is 7.09. The van der Waals surface area contributed by atoms with Gasteiger partial charge in [0.05, 0.1) is 4.90 Å². The predicted molar refractivity (Wildman–Crippen MR) is 77.2 cm³/mol. The Labute approximate surface area is 124 Å². The van der Waals surface area contributed by atoms with E-state index in [1.807, 2.05) is 0 Å². The standard InChI is InChI=1S/C13H17ClN2O3S/c1-10-12(14)4-3-5-13(10)20(18,19)16-8-6-15(7-9-16)11(2)17/h3-5H,6-9H2,1-2H3. The van der Waals surface area contributed by atoms with Crippen molar-refractivity contribution in [3.63, 3.8) is 0 Å². The first-order chi connectivity index (χ1) is 9.34. The summed E-state index contributed by atoms with van der Waals surface area (Å²) in [5, 5.41) is 0.438. The number of halogens is 1. The molecule has 0 radical (unpaired) electrons. The number of amides is 1. The Hall–Kier alpha value is -1.11. The molecule has 0 saturated carbocycles. The third-order valence-corrected chi connectivity index (χ3v) is 5.97. The monoisotopic (exact) mass is 316 g/mol. The summed E-state index contributed by atoms with van der Waals surface area (Å²) in [6, 6.07) is 4.87. The van der Waals surface area contributed by atoms with Crippen molar-refractivity contribution in [1.82, 2.24) is 9.21 Å². The van der Waals surface area contributed by atoms with Crippen molar-refractivity contribution in [2.75, 3.05) is 26.2 Å². The Bertz CT molecular complexity index is 623. The molecular formula is C13H17ClN2O3S. The van der Waals surface area contributed by atoms with Crippen LogP contribution in [0.25, 0.3) is 0 Å². The SMILES string of the molecule is CC(=O)N1CCN(S(=O)(=O)c2cccc(Cl)c2C)CC1. The van der Waals surface area contributed by atoms with Crippen LogP contribution in [0.2, 0.25) is 5.02 Å². The topological polar surface area (TPSA) is 57.7 Å². The molecule has 20 heavy (non-hydrogen) atoms. The molecular weight excluding hydrogens is 300 g/mol. The third kappa shape index (κ3) is 2.82. The van der Waals surface area contributed by atoms with Gasteiger partial charge in [0.1, 0.15) is 0 Å². The van der Waals surface area contributed by atoms with Crippen molar-refractivity contribution in [3.8, 4) is 0 Å². The molecule has 1 aromatic rings. The molecule has 1 fully saturated rings. The van der Waals surface area contributed by atoms with Gasteiger partial charge in [-0.25, -0.2) is 8.42 Å². The van der Waals surface area contributed by atoms with Gasteiger partial charge in [0, 0.05) is 38.1 Å². The number of piperazine rings is 1. The van der Waals surface area contributed by atoms with Crippen LogP contribution < -0.4 is 0 Å². The molecule has 1 aliphatic rings. The van der Waals surface area contributed by atoms with E-state index in [0.29, 0.717) is 36.8 Å². The van der Waals surface area contributed by atoms with Crippen molar-refractivity contribution < 1.29 is 13.2 Å². The van der Waals surface area contributed by atoms with E-state index in [0.717, 1.165) is 0 Å². The van der Waals surface area contributed by atoms with Crippen molar-refractivity contribution in [2.24, 2.45) is 0 Å². The molecule has 110 valence electrons. The summed E-state index contributed by atoms with van der Waals surface area (Å²) in [7, 11) is -3.55. The van der Waals surface area contributed by atoms with Gasteiger partial charge >= 0.3 is 0 Å². The lowest BCUT2D eigenvalue weighted by Gasteiger charge is -2.33. The smallest absolute Gasteiger partial charge is 0.243 e. The van der Waals surface area contributed by atoms with Crippen LogP contribution in [0.15, 0.2) is 23.1 Å². The number of benzene rings is 1. The van der Waals surface area contributed by atoms with E-state index < -0.39 is 10.0 Å². The molecule has 0 N–H and O–H groups in total. The van der Waals surface area contributed by atoms with E-state index in [-0.39, 0.29) is 10.8 Å². The largest absolute Gasteiger partial charge is 0.340 e. The van der Waals surface area contributed by atoms with Crippen LogP contribution >= 0.6 is 11.6 Å². The van der Waals surface area contributed by atoms with Gasteiger partial charge in [-0.05, 0) is 24.6 Å². The molecule has 0 aromatic heterocycles. The number of carbonyl (C=O) groups excluding carboxylic acids is 1. The molecule has 1 amide bonds. The minimum Gasteiger partial charge on any atom is -0.340 e. The Morgan fingerprint density at radius 3 is 2.35 bits per heavy atom. The lowest BCUT2D eigenvalue weighted by atomic mass is 10.2. The first kappa shape index (κ1) is 15.3. The maximum absolute atomic E-state index is 12.6. The zero-order valence-electron chi connectivity index (χ0n) is 11.5. The number of rotatable bonds is 2. The highest BCUT2D eigenvalue weighted by atomic mass is 35.5. The number of carbonyl (C=O) groups is 1. The molecule has 1 saturated heterocycles. The van der Waals surface area contributed by atoms with Gasteiger partial charge < -0.3 is 4.90 Å². The van der Waals surface area contributed by atoms with Crippen LogP contribution in [0.5, 0.6) is 0 Å². The third-order valence-electron chi connectivity index (χ3n) is 3.52. The van der Waals surface area contributed by atoms with Gasteiger partial charge in [0.15, 0.2) is 0 Å². The molecule has 0 bridgehead atoms. The van der Waals surface area contributed by atoms with Gasteiger partial charge in [-0.2, -0.15) is 4.31 Å². The Morgan fingerprint density at radius 2 is 1.80 bits per heavy atom. The van der Waals surface area contributed by atoms with E-state index in [9.17, 15) is 13.2 Å². The molecule has 0 atom stereocenters. The highest BCUT2D eigenvalue weighted by Gasteiger charge is 2.30. The van der Waals surface area contributed by atoms with E-state index in [1.165, 1.54) is 11.2 Å². The van der Waals surface area contributed by atoms with Gasteiger partial charge in [0.2, 0.25) is 15.9 Å². The summed E-state index contributed by atoms with van der Waals surface area (Å²) in [5.41, 5.74) is 0.558. The van der Waals surface area contributed by atoms with E-state index in [2.05, 4.69) is 0 Å². The van der Waals surface area contributed by atoms with Crippen LogP contribution in [0.4, 0.5) is 0 Å². The maximum atomic E-state index is 12.6. The van der Waals surface area contributed by atoms with Crippen molar-refractivity contribution in [1.29, 1.82) is 0 Å². The zero-order chi connectivity index (χ0) is 14.9. The summed E-state index contributed by atoms with van der Waals surface area (Å²) in [4.78, 5) is 13.2. The fourth-order valence-electron chi connectivity index (χ4n) is 2.25. The molecule has 0 spiro atoms. The minimum absolute atomic E-state index is 0.0269. The number of hydrogen-bond acceptors (Lipinski definition) is 3. The van der Waals surface area contributed by atoms with Crippen LogP contribution in [0.1, 0.15) is 12.5 Å². The molecule has 5 nitrogen and oxygen atoms in total. The quantitative estimate of drug-likeness (QED) is 0.831. The number of nitrogens with zero attached hydrogens (tertiary/aromatic N) is 2. The fourth-order valence-corrected chi connectivity index (χ4v) is 4.15. The summed E-state index contributed by atoms with van der Waals surface area (Å²) in [6.45, 7) is 4.66. The summed E-state index contributed by atoms with van der Waals surface area (Å²) in [5.74, 6) is -0.0269. The first-order valence-electron chi connectivity index (χ1n) is 6.35. The molecule has 2 rings (SSSR count). The summed E-state index contributed by atoms with van der Waals surface area (Å²) >= 11 is 5.99. The first-order valence-corrected chi connectivity index (χ1v) is 8.16. The molecule has 1 heterocycles. The average Bonchev–Trinajstić information content (AvgIpc) is 2.41. The van der Waals surface area contributed by atoms with Crippen LogP contribution in [-0.4, -0.2) is 49.7 Å². The highest BCUT2D eigenvalue weighted by Crippen LogP contribution is 2.26. The molecule has 1 aromatic carbocycles. The Kier molecular flexibility index (Phi) is 4.36. The van der Waals surface area contributed by atoms with Gasteiger partial charge in [-0.1, -0.05) is 17.7 Å². The molecule has 1 aliphatic heterocycles. The minimum atomic E-state index is -3.55. The lowest BCUT2D eigenvalue weighted by Crippen LogP contribution is -2.50. The van der Waals surface area contributed by atoms with Crippen LogP contribution in [0, 0.1) is 6.92 Å². The van der Waals surface area contributed by atoms with Crippen molar-refractivity contribution in [2.45, 2.75) is 18.7 Å². The van der Waals surface area contributed by atoms with E-state index >= 15 is 0 Å². The van der Waals surface area contributed by atoms with Crippen molar-refractivity contribution in [3.05, 3.63) is 28.8 Å². The second kappa shape index (κ2) is 5.71. The van der Waals surface area contributed by atoms with Crippen LogP contribution in [-0.2, 0) is 14.8 Å². The van der Waals surface area contributed by atoms with E-state index in [4.69, 9.17) is 11.6 Å². The molecule has 7 heteroatoms. The van der Waals surface area contributed by atoms with Gasteiger partial charge in [0.25, 0.3) is 0 Å². The maximum Gasteiger partial charge on any atom is 0.243 e. The number of sulfonamides is 1. The number of hydrogen-bond donors (Lipinski definition) is 0. The van der Waals surface area contributed by atoms with Crippen LogP contribution in [0.3, 0.4) is 0 Å². The van der Waals surface area contributed by atoms with Gasteiger partial charge in [-0.15, -0.1) is 0 Å². The summed E-state index contributed by atoms with van der Waals surface area (Å²) < 4.78 is 26.6. The molecule has 0 aliphatic carbocycles. The Balaban J connectivity index is 2.24. The molecule has 0 unspecified atom stereocenters. The highest BCUT2D eigenvalue weighted by molar-refractivity contribution is 7.89. The normalized spacial score (nSPS) is 17.2. The summed E-state index contributed by atoms with van der Waals surface area (Å²) in [6.07, 6.45) is 0. The second-order valence-electron chi connectivity index (χ2n) is 4.77. The average molecular weight is 317 g/mol. The van der Waals surface area contributed by atoms with Crippen molar-refractivity contribution >= 4 is 27.5 Å².